The Morgan fingerprint density at radius 2 is 2.15 bits per heavy atom. The lowest BCUT2D eigenvalue weighted by atomic mass is 10.3. The molecule has 0 atom stereocenters. The molecule has 0 radical (unpaired) electrons. The summed E-state index contributed by atoms with van der Waals surface area (Å²) in [6.45, 7) is 2.82. The van der Waals surface area contributed by atoms with Crippen molar-refractivity contribution in [3.8, 4) is 5.69 Å². The molecular weight excluding hydrogens is 295 g/mol. The second kappa shape index (κ2) is 6.07. The molecule has 4 nitrogen and oxygen atoms in total. The van der Waals surface area contributed by atoms with Crippen LogP contribution in [0.1, 0.15) is 5.82 Å². The van der Waals surface area contributed by atoms with Crippen molar-refractivity contribution in [3.63, 3.8) is 0 Å². The Kier molecular flexibility index (Phi) is 4.18. The van der Waals surface area contributed by atoms with Crippen molar-refractivity contribution in [2.75, 3.05) is 24.6 Å². The molecule has 106 valence electrons. The van der Waals surface area contributed by atoms with Crippen LogP contribution in [0.4, 0.5) is 4.39 Å². The number of hydrogen-bond donors (Lipinski definition) is 1. The van der Waals surface area contributed by atoms with Gasteiger partial charge in [0.1, 0.15) is 11.6 Å². The third-order valence-corrected chi connectivity index (χ3v) is 4.49. The predicted octanol–water partition coefficient (Wildman–Crippen LogP) is 2.62. The molecule has 1 N–H and O–H groups in total. The Balaban J connectivity index is 1.91. The number of benzene rings is 1. The fraction of sp³-hybridized carbons (Fsp3) is 0.385. The zero-order valence-electron chi connectivity index (χ0n) is 10.9. The Morgan fingerprint density at radius 1 is 1.35 bits per heavy atom. The molecule has 1 saturated heterocycles. The highest BCUT2D eigenvalue weighted by atomic mass is 32.2. The molecule has 7 heteroatoms. The minimum atomic E-state index is -0.272. The van der Waals surface area contributed by atoms with Gasteiger partial charge < -0.3 is 0 Å². The number of H-pyrrole nitrogens is 1. The van der Waals surface area contributed by atoms with Crippen LogP contribution in [0, 0.1) is 10.6 Å². The Bertz CT molecular complexity index is 646. The molecule has 0 saturated carbocycles. The van der Waals surface area contributed by atoms with Gasteiger partial charge in [-0.25, -0.2) is 4.39 Å². The first kappa shape index (κ1) is 13.8. The summed E-state index contributed by atoms with van der Waals surface area (Å²) in [6.07, 6.45) is 0. The highest BCUT2D eigenvalue weighted by Crippen LogP contribution is 2.16. The van der Waals surface area contributed by atoms with Crippen LogP contribution in [0.5, 0.6) is 0 Å². The van der Waals surface area contributed by atoms with E-state index in [4.69, 9.17) is 12.2 Å². The molecule has 2 aromatic rings. The van der Waals surface area contributed by atoms with Crippen LogP contribution in [0.15, 0.2) is 24.3 Å². The summed E-state index contributed by atoms with van der Waals surface area (Å²) in [5, 5.41) is 7.10. The first-order valence-electron chi connectivity index (χ1n) is 6.46. The van der Waals surface area contributed by atoms with Gasteiger partial charge in [0.05, 0.1) is 12.2 Å². The molecule has 2 heterocycles. The van der Waals surface area contributed by atoms with Gasteiger partial charge in [-0.3, -0.25) is 14.6 Å². The average molecular weight is 310 g/mol. The highest BCUT2D eigenvalue weighted by molar-refractivity contribution is 7.99. The summed E-state index contributed by atoms with van der Waals surface area (Å²) in [5.41, 5.74) is 0.713. The molecule has 3 rings (SSSR count). The lowest BCUT2D eigenvalue weighted by molar-refractivity contribution is 0.285. The normalized spacial score (nSPS) is 16.4. The minimum absolute atomic E-state index is 0.272. The molecule has 0 spiro atoms. The van der Waals surface area contributed by atoms with Crippen LogP contribution in [-0.4, -0.2) is 44.3 Å². The van der Waals surface area contributed by atoms with E-state index in [0.29, 0.717) is 10.5 Å². The number of thioether (sulfide) groups is 1. The number of aromatic amines is 1. The molecule has 0 aliphatic carbocycles. The number of nitrogens with zero attached hydrogens (tertiary/aromatic N) is 3. The van der Waals surface area contributed by atoms with E-state index in [1.807, 2.05) is 17.8 Å². The summed E-state index contributed by atoms with van der Waals surface area (Å²) in [6, 6.07) is 6.42. The number of halogens is 1. The lowest BCUT2D eigenvalue weighted by Gasteiger charge is -2.25. The number of rotatable bonds is 3. The van der Waals surface area contributed by atoms with Crippen LogP contribution in [0.2, 0.25) is 0 Å². The van der Waals surface area contributed by atoms with E-state index < -0.39 is 0 Å². The lowest BCUT2D eigenvalue weighted by Crippen LogP contribution is -2.33. The van der Waals surface area contributed by atoms with Crippen LogP contribution in [0.3, 0.4) is 0 Å². The second-order valence-electron chi connectivity index (χ2n) is 4.65. The van der Waals surface area contributed by atoms with Crippen molar-refractivity contribution >= 4 is 24.0 Å². The highest BCUT2D eigenvalue weighted by Gasteiger charge is 2.15. The van der Waals surface area contributed by atoms with E-state index >= 15 is 0 Å². The molecule has 0 unspecified atom stereocenters. The van der Waals surface area contributed by atoms with Gasteiger partial charge in [0, 0.05) is 24.6 Å². The van der Waals surface area contributed by atoms with Crippen LogP contribution in [0.25, 0.3) is 5.69 Å². The number of hydrogen-bond acceptors (Lipinski definition) is 4. The first-order chi connectivity index (χ1) is 9.74. The third kappa shape index (κ3) is 2.94. The van der Waals surface area contributed by atoms with E-state index in [9.17, 15) is 4.39 Å². The molecule has 1 aliphatic rings. The molecule has 1 fully saturated rings. The van der Waals surface area contributed by atoms with Gasteiger partial charge in [-0.15, -0.1) is 0 Å². The van der Waals surface area contributed by atoms with Crippen molar-refractivity contribution < 1.29 is 4.39 Å². The quantitative estimate of drug-likeness (QED) is 0.884. The summed E-state index contributed by atoms with van der Waals surface area (Å²) < 4.78 is 15.7. The predicted molar refractivity (Wildman–Crippen MR) is 81.3 cm³/mol. The van der Waals surface area contributed by atoms with Crippen molar-refractivity contribution in [2.24, 2.45) is 0 Å². The maximum absolute atomic E-state index is 13.4. The number of nitrogens with one attached hydrogen (secondary N) is 1. The molecule has 1 aliphatic heterocycles. The van der Waals surface area contributed by atoms with Gasteiger partial charge >= 0.3 is 0 Å². The third-order valence-electron chi connectivity index (χ3n) is 3.28. The van der Waals surface area contributed by atoms with E-state index in [2.05, 4.69) is 15.1 Å². The maximum atomic E-state index is 13.4. The SMILES string of the molecule is Fc1cccc(-n2c(CN3CCSCC3)n[nH]c2=S)c1. The standard InChI is InChI=1S/C13H15FN4S2/c14-10-2-1-3-11(8-10)18-12(15-16-13(18)19)9-17-4-6-20-7-5-17/h1-3,8H,4-7,9H2,(H,16,19). The molecule has 1 aromatic carbocycles. The fourth-order valence-electron chi connectivity index (χ4n) is 2.28. The smallest absolute Gasteiger partial charge is 0.199 e. The zero-order valence-corrected chi connectivity index (χ0v) is 12.5. The van der Waals surface area contributed by atoms with Crippen molar-refractivity contribution in [3.05, 3.63) is 40.7 Å². The first-order valence-corrected chi connectivity index (χ1v) is 8.03. The molecule has 0 amide bonds. The van der Waals surface area contributed by atoms with Gasteiger partial charge in [0.25, 0.3) is 0 Å². The monoisotopic (exact) mass is 310 g/mol. The van der Waals surface area contributed by atoms with Crippen molar-refractivity contribution in [1.29, 1.82) is 0 Å². The van der Waals surface area contributed by atoms with E-state index in [0.717, 1.165) is 37.0 Å². The van der Waals surface area contributed by atoms with Gasteiger partial charge in [-0.2, -0.15) is 16.9 Å². The Hall–Kier alpha value is -1.18. The minimum Gasteiger partial charge on any atom is -0.294 e. The van der Waals surface area contributed by atoms with Crippen molar-refractivity contribution in [2.45, 2.75) is 6.54 Å². The Morgan fingerprint density at radius 3 is 2.90 bits per heavy atom. The summed E-state index contributed by atoms with van der Waals surface area (Å²) in [7, 11) is 0. The van der Waals surface area contributed by atoms with E-state index in [1.165, 1.54) is 12.1 Å². The van der Waals surface area contributed by atoms with E-state index in [-0.39, 0.29) is 5.82 Å². The summed E-state index contributed by atoms with van der Waals surface area (Å²) in [5.74, 6) is 2.84. The molecule has 20 heavy (non-hydrogen) atoms. The maximum Gasteiger partial charge on any atom is 0.199 e. The molecular formula is C13H15FN4S2. The Labute approximate surface area is 126 Å². The second-order valence-corrected chi connectivity index (χ2v) is 6.26. The van der Waals surface area contributed by atoms with Gasteiger partial charge in [0.2, 0.25) is 0 Å². The van der Waals surface area contributed by atoms with Gasteiger partial charge in [-0.1, -0.05) is 6.07 Å². The van der Waals surface area contributed by atoms with Crippen LogP contribution in [-0.2, 0) is 6.54 Å². The average Bonchev–Trinajstić information content (AvgIpc) is 2.81. The zero-order chi connectivity index (χ0) is 13.9. The van der Waals surface area contributed by atoms with E-state index in [1.54, 1.807) is 10.6 Å². The van der Waals surface area contributed by atoms with Gasteiger partial charge in [-0.05, 0) is 30.4 Å². The summed E-state index contributed by atoms with van der Waals surface area (Å²) in [4.78, 5) is 2.34. The fourth-order valence-corrected chi connectivity index (χ4v) is 3.51. The van der Waals surface area contributed by atoms with Gasteiger partial charge in [0.15, 0.2) is 4.77 Å². The largest absolute Gasteiger partial charge is 0.294 e. The molecule has 0 bridgehead atoms. The number of aromatic nitrogens is 3. The topological polar surface area (TPSA) is 36.9 Å². The van der Waals surface area contributed by atoms with Crippen LogP contribution < -0.4 is 0 Å². The summed E-state index contributed by atoms with van der Waals surface area (Å²) >= 11 is 7.24. The molecule has 1 aromatic heterocycles. The van der Waals surface area contributed by atoms with Crippen LogP contribution >= 0.6 is 24.0 Å². The van der Waals surface area contributed by atoms with Crippen molar-refractivity contribution in [1.82, 2.24) is 19.7 Å².